The Morgan fingerprint density at radius 2 is 2.04 bits per heavy atom. The minimum atomic E-state index is -0.193. The monoisotopic (exact) mass is 343 g/mol. The molecule has 1 aliphatic heterocycles. The lowest BCUT2D eigenvalue weighted by molar-refractivity contribution is -0.900. The quantitative estimate of drug-likeness (QED) is 0.860. The Kier molecular flexibility index (Phi) is 5.08. The first-order valence-electron chi connectivity index (χ1n) is 8.95. The first kappa shape index (κ1) is 17.5. The Hall–Kier alpha value is -2.34. The summed E-state index contributed by atoms with van der Waals surface area (Å²) >= 11 is 0. The lowest BCUT2D eigenvalue weighted by Gasteiger charge is -2.27. The molecule has 0 radical (unpaired) electrons. The molecule has 1 aliphatic rings. The second kappa shape index (κ2) is 7.27. The van der Waals surface area contributed by atoms with Crippen molar-refractivity contribution in [2.75, 3.05) is 25.0 Å². The summed E-state index contributed by atoms with van der Waals surface area (Å²) in [5.74, 6) is 0.570. The highest BCUT2D eigenvalue weighted by atomic mass is 16.2. The maximum Gasteiger partial charge on any atom is 0.295 e. The second-order valence-electron chi connectivity index (χ2n) is 7.11. The SMILES string of the molecule is Cc1c(NC(=O)C[NH+]2CCC[C@H](C)C2)c(=O)n(-c2ccccc2)n1C. The fourth-order valence-electron chi connectivity index (χ4n) is 3.68. The van der Waals surface area contributed by atoms with E-state index in [1.54, 1.807) is 9.36 Å². The number of carbonyl (C=O) groups excluding carboxylic acids is 1. The zero-order valence-electron chi connectivity index (χ0n) is 15.2. The summed E-state index contributed by atoms with van der Waals surface area (Å²) in [5, 5.41) is 2.86. The number of benzene rings is 1. The van der Waals surface area contributed by atoms with Crippen molar-refractivity contribution in [1.29, 1.82) is 0 Å². The van der Waals surface area contributed by atoms with Crippen LogP contribution >= 0.6 is 0 Å². The van der Waals surface area contributed by atoms with E-state index < -0.39 is 0 Å². The minimum Gasteiger partial charge on any atom is -0.327 e. The third kappa shape index (κ3) is 3.69. The smallest absolute Gasteiger partial charge is 0.295 e. The van der Waals surface area contributed by atoms with Gasteiger partial charge in [-0.05, 0) is 31.9 Å². The van der Waals surface area contributed by atoms with Gasteiger partial charge in [-0.15, -0.1) is 0 Å². The van der Waals surface area contributed by atoms with Crippen molar-refractivity contribution in [3.8, 4) is 5.69 Å². The predicted molar refractivity (Wildman–Crippen MR) is 98.3 cm³/mol. The molecule has 0 saturated carbocycles. The molecule has 2 N–H and O–H groups in total. The third-order valence-electron chi connectivity index (χ3n) is 5.09. The molecule has 0 aliphatic carbocycles. The van der Waals surface area contributed by atoms with Crippen LogP contribution in [0.5, 0.6) is 0 Å². The van der Waals surface area contributed by atoms with Gasteiger partial charge in [0.15, 0.2) is 6.54 Å². The molecule has 1 fully saturated rings. The number of amides is 1. The third-order valence-corrected chi connectivity index (χ3v) is 5.09. The molecule has 2 heterocycles. The normalized spacial score (nSPS) is 20.4. The van der Waals surface area contributed by atoms with E-state index in [0.29, 0.717) is 18.2 Å². The Morgan fingerprint density at radius 3 is 2.72 bits per heavy atom. The van der Waals surface area contributed by atoms with E-state index in [9.17, 15) is 9.59 Å². The fraction of sp³-hybridized carbons (Fsp3) is 0.474. The van der Waals surface area contributed by atoms with Gasteiger partial charge in [-0.25, -0.2) is 4.68 Å². The molecule has 3 rings (SSSR count). The summed E-state index contributed by atoms with van der Waals surface area (Å²) in [6.45, 7) is 6.56. The zero-order valence-corrected chi connectivity index (χ0v) is 15.2. The van der Waals surface area contributed by atoms with Gasteiger partial charge in [-0.2, -0.15) is 0 Å². The van der Waals surface area contributed by atoms with Crippen molar-refractivity contribution in [2.45, 2.75) is 26.7 Å². The van der Waals surface area contributed by atoms with E-state index in [4.69, 9.17) is 0 Å². The van der Waals surface area contributed by atoms with Crippen LogP contribution in [0.1, 0.15) is 25.5 Å². The van der Waals surface area contributed by atoms with Crippen LogP contribution in [-0.4, -0.2) is 34.9 Å². The number of nitrogens with one attached hydrogen (secondary N) is 2. The van der Waals surface area contributed by atoms with Crippen molar-refractivity contribution in [2.24, 2.45) is 13.0 Å². The summed E-state index contributed by atoms with van der Waals surface area (Å²) in [7, 11) is 1.83. The molecule has 25 heavy (non-hydrogen) atoms. The van der Waals surface area contributed by atoms with E-state index in [1.807, 2.05) is 44.3 Å². The first-order valence-corrected chi connectivity index (χ1v) is 8.95. The number of likely N-dealkylation sites (tertiary alicyclic amines) is 1. The van der Waals surface area contributed by atoms with Crippen LogP contribution in [0, 0.1) is 12.8 Å². The van der Waals surface area contributed by atoms with Crippen molar-refractivity contribution in [1.82, 2.24) is 9.36 Å². The average molecular weight is 343 g/mol. The van der Waals surface area contributed by atoms with Crippen LogP contribution in [0.4, 0.5) is 5.69 Å². The maximum absolute atomic E-state index is 12.8. The van der Waals surface area contributed by atoms with Gasteiger partial charge in [0.25, 0.3) is 11.5 Å². The van der Waals surface area contributed by atoms with Crippen LogP contribution in [0.25, 0.3) is 5.69 Å². The number of piperidine rings is 1. The van der Waals surface area contributed by atoms with Crippen LogP contribution < -0.4 is 15.8 Å². The van der Waals surface area contributed by atoms with Gasteiger partial charge in [0.1, 0.15) is 5.69 Å². The Balaban J connectivity index is 1.79. The van der Waals surface area contributed by atoms with E-state index in [-0.39, 0.29) is 11.5 Å². The van der Waals surface area contributed by atoms with E-state index in [0.717, 1.165) is 30.9 Å². The molecule has 6 nitrogen and oxygen atoms in total. The highest BCUT2D eigenvalue weighted by Crippen LogP contribution is 2.13. The summed E-state index contributed by atoms with van der Waals surface area (Å²) in [6.07, 6.45) is 2.40. The van der Waals surface area contributed by atoms with Crippen LogP contribution in [-0.2, 0) is 11.8 Å². The Labute approximate surface area is 148 Å². The lowest BCUT2D eigenvalue weighted by Crippen LogP contribution is -3.14. The largest absolute Gasteiger partial charge is 0.327 e. The molecule has 0 bridgehead atoms. The van der Waals surface area contributed by atoms with Crippen LogP contribution in [0.3, 0.4) is 0 Å². The standard InChI is InChI=1S/C19H26N4O2/c1-14-8-7-11-22(12-14)13-17(24)20-18-15(2)21(3)23(19(18)25)16-9-5-4-6-10-16/h4-6,9-10,14H,7-8,11-13H2,1-3H3,(H,20,24)/p+1/t14-/m0/s1. The van der Waals surface area contributed by atoms with E-state index in [2.05, 4.69) is 12.2 Å². The predicted octanol–water partition coefficient (Wildman–Crippen LogP) is 0.738. The van der Waals surface area contributed by atoms with Crippen molar-refractivity contribution >= 4 is 11.6 Å². The maximum atomic E-state index is 12.8. The molecule has 2 aromatic rings. The zero-order chi connectivity index (χ0) is 18.0. The van der Waals surface area contributed by atoms with Gasteiger partial charge in [-0.3, -0.25) is 14.3 Å². The number of anilines is 1. The van der Waals surface area contributed by atoms with E-state index >= 15 is 0 Å². The van der Waals surface area contributed by atoms with Crippen molar-refractivity contribution in [3.63, 3.8) is 0 Å². The summed E-state index contributed by atoms with van der Waals surface area (Å²) in [6, 6.07) is 9.46. The molecule has 2 atom stereocenters. The van der Waals surface area contributed by atoms with Gasteiger partial charge in [0.05, 0.1) is 24.5 Å². The van der Waals surface area contributed by atoms with Gasteiger partial charge in [-0.1, -0.05) is 25.1 Å². The van der Waals surface area contributed by atoms with E-state index in [1.165, 1.54) is 11.3 Å². The molecule has 1 unspecified atom stereocenters. The average Bonchev–Trinajstić information content (AvgIpc) is 2.79. The molecular weight excluding hydrogens is 316 g/mol. The number of aromatic nitrogens is 2. The highest BCUT2D eigenvalue weighted by molar-refractivity contribution is 5.91. The Morgan fingerprint density at radius 1 is 1.32 bits per heavy atom. The molecule has 1 aromatic carbocycles. The number of rotatable bonds is 4. The topological polar surface area (TPSA) is 60.5 Å². The van der Waals surface area contributed by atoms with Crippen molar-refractivity contribution in [3.05, 3.63) is 46.4 Å². The minimum absolute atomic E-state index is 0.0879. The second-order valence-corrected chi connectivity index (χ2v) is 7.11. The lowest BCUT2D eigenvalue weighted by atomic mass is 10.0. The van der Waals surface area contributed by atoms with Gasteiger partial charge >= 0.3 is 0 Å². The number of para-hydroxylation sites is 1. The number of hydrogen-bond acceptors (Lipinski definition) is 2. The number of carbonyl (C=O) groups is 1. The first-order chi connectivity index (χ1) is 12.0. The summed E-state index contributed by atoms with van der Waals surface area (Å²) < 4.78 is 3.36. The van der Waals surface area contributed by atoms with Crippen LogP contribution in [0.2, 0.25) is 0 Å². The molecule has 134 valence electrons. The summed E-state index contributed by atoms with van der Waals surface area (Å²) in [5.41, 5.74) is 1.72. The van der Waals surface area contributed by atoms with Gasteiger partial charge in [0.2, 0.25) is 0 Å². The number of nitrogens with zero attached hydrogens (tertiary/aromatic N) is 2. The van der Waals surface area contributed by atoms with Gasteiger partial charge in [0, 0.05) is 13.0 Å². The highest BCUT2D eigenvalue weighted by Gasteiger charge is 2.24. The summed E-state index contributed by atoms with van der Waals surface area (Å²) in [4.78, 5) is 26.6. The van der Waals surface area contributed by atoms with Gasteiger partial charge < -0.3 is 10.2 Å². The molecule has 1 aromatic heterocycles. The molecular formula is C19H27N4O2+. The Bertz CT molecular complexity index is 807. The number of hydrogen-bond donors (Lipinski definition) is 2. The molecule has 6 heteroatoms. The van der Waals surface area contributed by atoms with Crippen LogP contribution in [0.15, 0.2) is 35.1 Å². The molecule has 1 amide bonds. The molecule has 0 spiro atoms. The fourth-order valence-corrected chi connectivity index (χ4v) is 3.68. The number of quaternary nitrogens is 1. The van der Waals surface area contributed by atoms with Crippen molar-refractivity contribution < 1.29 is 9.69 Å². The molecule has 1 saturated heterocycles.